The zero-order valence-corrected chi connectivity index (χ0v) is 18.8. The normalized spacial score (nSPS) is 17.1. The lowest BCUT2D eigenvalue weighted by Gasteiger charge is -2.30. The van der Waals surface area contributed by atoms with Gasteiger partial charge in [0.2, 0.25) is 0 Å². The van der Waals surface area contributed by atoms with Gasteiger partial charge in [-0.1, -0.05) is 18.0 Å². The van der Waals surface area contributed by atoms with Crippen LogP contribution in [0, 0.1) is 0 Å². The number of benzene rings is 2. The summed E-state index contributed by atoms with van der Waals surface area (Å²) in [7, 11) is -2.17. The third-order valence-corrected chi connectivity index (χ3v) is 7.04. The predicted octanol–water partition coefficient (Wildman–Crippen LogP) is 3.97. The van der Waals surface area contributed by atoms with E-state index in [-0.39, 0.29) is 10.8 Å². The lowest BCUT2D eigenvalue weighted by molar-refractivity contribution is 0.0773. The molecule has 2 aromatic carbocycles. The van der Waals surface area contributed by atoms with Crippen LogP contribution in [0.25, 0.3) is 0 Å². The van der Waals surface area contributed by atoms with Gasteiger partial charge in [-0.15, -0.1) is 4.40 Å². The standard InChI is InChI=1S/C22H24ClN3O4S/c1-25(13-14-30-18-9-7-17(23)8-10-18)22(27)16-6-11-19-20(15-16)31(28,29)24-21-5-3-2-4-12-26(19)21/h6-11,15H,2-5,12-14H2,1H3. The van der Waals surface area contributed by atoms with Gasteiger partial charge in [-0.2, -0.15) is 8.42 Å². The van der Waals surface area contributed by atoms with Crippen molar-refractivity contribution in [3.8, 4) is 5.75 Å². The quantitative estimate of drug-likeness (QED) is 0.673. The Kier molecular flexibility index (Phi) is 6.20. The van der Waals surface area contributed by atoms with Crippen molar-refractivity contribution in [1.29, 1.82) is 0 Å². The molecule has 2 aromatic rings. The van der Waals surface area contributed by atoms with E-state index in [9.17, 15) is 13.2 Å². The molecule has 0 aromatic heterocycles. The minimum absolute atomic E-state index is 0.0924. The molecule has 0 saturated carbocycles. The molecule has 0 atom stereocenters. The number of fused-ring (bicyclic) bond motifs is 3. The topological polar surface area (TPSA) is 79.3 Å². The first-order valence-corrected chi connectivity index (χ1v) is 12.1. The molecule has 0 bridgehead atoms. The minimum atomic E-state index is -3.83. The van der Waals surface area contributed by atoms with E-state index in [0.29, 0.717) is 47.4 Å². The van der Waals surface area contributed by atoms with Gasteiger partial charge in [0, 0.05) is 30.6 Å². The smallest absolute Gasteiger partial charge is 0.286 e. The first-order chi connectivity index (χ1) is 14.8. The molecule has 0 spiro atoms. The molecule has 2 aliphatic rings. The maximum Gasteiger partial charge on any atom is 0.286 e. The van der Waals surface area contributed by atoms with Crippen LogP contribution >= 0.6 is 11.6 Å². The number of ether oxygens (including phenoxy) is 1. The number of anilines is 1. The van der Waals surface area contributed by atoms with Crippen LogP contribution in [0.5, 0.6) is 5.75 Å². The summed E-state index contributed by atoms with van der Waals surface area (Å²) in [4.78, 5) is 16.4. The summed E-state index contributed by atoms with van der Waals surface area (Å²) >= 11 is 5.86. The first-order valence-electron chi connectivity index (χ1n) is 10.2. The van der Waals surface area contributed by atoms with Crippen molar-refractivity contribution < 1.29 is 17.9 Å². The molecule has 31 heavy (non-hydrogen) atoms. The van der Waals surface area contributed by atoms with Crippen LogP contribution in [0.1, 0.15) is 36.0 Å². The highest BCUT2D eigenvalue weighted by Gasteiger charge is 2.32. The number of sulfonamides is 1. The number of carbonyl (C=O) groups excluding carboxylic acids is 1. The van der Waals surface area contributed by atoms with Gasteiger partial charge < -0.3 is 14.5 Å². The van der Waals surface area contributed by atoms with Crippen molar-refractivity contribution in [2.45, 2.75) is 30.6 Å². The largest absolute Gasteiger partial charge is 0.492 e. The Labute approximate surface area is 187 Å². The molecule has 4 rings (SSSR count). The van der Waals surface area contributed by atoms with Crippen LogP contribution in [-0.2, 0) is 10.0 Å². The number of carbonyl (C=O) groups is 1. The van der Waals surface area contributed by atoms with E-state index in [1.165, 1.54) is 11.0 Å². The molecule has 0 N–H and O–H groups in total. The summed E-state index contributed by atoms with van der Waals surface area (Å²) in [5, 5.41) is 0.624. The molecule has 0 unspecified atom stereocenters. The van der Waals surface area contributed by atoms with Gasteiger partial charge in [-0.05, 0) is 55.3 Å². The third-order valence-electron chi connectivity index (χ3n) is 5.45. The Morgan fingerprint density at radius 3 is 2.71 bits per heavy atom. The van der Waals surface area contributed by atoms with Gasteiger partial charge in [0.15, 0.2) is 0 Å². The Morgan fingerprint density at radius 1 is 1.16 bits per heavy atom. The zero-order chi connectivity index (χ0) is 22.0. The summed E-state index contributed by atoms with van der Waals surface area (Å²) in [6.45, 7) is 1.38. The molecule has 7 nitrogen and oxygen atoms in total. The Hall–Kier alpha value is -2.58. The first kappa shape index (κ1) is 21.6. The molecule has 164 valence electrons. The Morgan fingerprint density at radius 2 is 1.94 bits per heavy atom. The van der Waals surface area contributed by atoms with Gasteiger partial charge in [0.1, 0.15) is 23.1 Å². The Bertz CT molecular complexity index is 1120. The van der Waals surface area contributed by atoms with Gasteiger partial charge in [0.05, 0.1) is 12.2 Å². The van der Waals surface area contributed by atoms with E-state index >= 15 is 0 Å². The highest BCUT2D eigenvalue weighted by atomic mass is 35.5. The fraction of sp³-hybridized carbons (Fsp3) is 0.364. The van der Waals surface area contributed by atoms with Crippen molar-refractivity contribution in [3.05, 3.63) is 53.1 Å². The van der Waals surface area contributed by atoms with E-state index in [1.807, 2.05) is 4.90 Å². The molecular weight excluding hydrogens is 438 g/mol. The van der Waals surface area contributed by atoms with Crippen LogP contribution < -0.4 is 9.64 Å². The number of amides is 1. The third kappa shape index (κ3) is 4.70. The van der Waals surface area contributed by atoms with Crippen molar-refractivity contribution in [2.24, 2.45) is 4.40 Å². The van der Waals surface area contributed by atoms with Crippen LogP contribution in [0.3, 0.4) is 0 Å². The average Bonchev–Trinajstić information content (AvgIpc) is 2.99. The van der Waals surface area contributed by atoms with Gasteiger partial charge in [0.25, 0.3) is 15.9 Å². The van der Waals surface area contributed by atoms with Crippen molar-refractivity contribution in [3.63, 3.8) is 0 Å². The highest BCUT2D eigenvalue weighted by molar-refractivity contribution is 7.90. The maximum atomic E-state index is 12.9. The fourth-order valence-corrected chi connectivity index (χ4v) is 5.18. The van der Waals surface area contributed by atoms with Gasteiger partial charge in [-0.3, -0.25) is 4.79 Å². The molecule has 0 aliphatic carbocycles. The maximum absolute atomic E-state index is 12.9. The second-order valence-electron chi connectivity index (χ2n) is 7.66. The zero-order valence-electron chi connectivity index (χ0n) is 17.3. The summed E-state index contributed by atoms with van der Waals surface area (Å²) in [6, 6.07) is 11.8. The summed E-state index contributed by atoms with van der Waals surface area (Å²) in [6.07, 6.45) is 3.61. The summed E-state index contributed by atoms with van der Waals surface area (Å²) in [5.41, 5.74) is 0.918. The Balaban J connectivity index is 1.48. The monoisotopic (exact) mass is 461 g/mol. The second-order valence-corrected chi connectivity index (χ2v) is 9.67. The van der Waals surface area contributed by atoms with Crippen molar-refractivity contribution in [2.75, 3.05) is 31.6 Å². The molecule has 2 heterocycles. The number of rotatable bonds is 5. The minimum Gasteiger partial charge on any atom is -0.492 e. The number of hydrogen-bond acceptors (Lipinski definition) is 5. The van der Waals surface area contributed by atoms with Gasteiger partial charge >= 0.3 is 0 Å². The van der Waals surface area contributed by atoms with E-state index < -0.39 is 10.0 Å². The number of likely N-dealkylation sites (N-methyl/N-ethyl adjacent to an activating group) is 1. The molecule has 9 heteroatoms. The summed E-state index contributed by atoms with van der Waals surface area (Å²) < 4.78 is 35.2. The summed E-state index contributed by atoms with van der Waals surface area (Å²) in [5.74, 6) is 0.986. The molecule has 0 radical (unpaired) electrons. The predicted molar refractivity (Wildman–Crippen MR) is 121 cm³/mol. The second kappa shape index (κ2) is 8.88. The average molecular weight is 462 g/mol. The number of nitrogens with zero attached hydrogens (tertiary/aromatic N) is 3. The van der Waals surface area contributed by atoms with Crippen molar-refractivity contribution >= 4 is 39.1 Å². The molecule has 1 amide bonds. The van der Waals surface area contributed by atoms with Crippen LogP contribution in [-0.4, -0.2) is 51.8 Å². The van der Waals surface area contributed by atoms with E-state index in [1.54, 1.807) is 43.4 Å². The molecule has 2 aliphatic heterocycles. The molecule has 1 fully saturated rings. The number of hydrogen-bond donors (Lipinski definition) is 0. The molecular formula is C22H24ClN3O4S. The van der Waals surface area contributed by atoms with Crippen molar-refractivity contribution in [1.82, 2.24) is 4.90 Å². The number of amidine groups is 1. The lowest BCUT2D eigenvalue weighted by Crippen LogP contribution is -2.36. The molecule has 1 saturated heterocycles. The van der Waals surface area contributed by atoms with E-state index in [0.717, 1.165) is 25.8 Å². The van der Waals surface area contributed by atoms with E-state index in [4.69, 9.17) is 16.3 Å². The van der Waals surface area contributed by atoms with Crippen LogP contribution in [0.2, 0.25) is 5.02 Å². The van der Waals surface area contributed by atoms with Gasteiger partial charge in [-0.25, -0.2) is 0 Å². The highest BCUT2D eigenvalue weighted by Crippen LogP contribution is 2.35. The SMILES string of the molecule is CN(CCOc1ccc(Cl)cc1)C(=O)c1ccc2c(c1)S(=O)(=O)N=C1CCCCCN12. The lowest BCUT2D eigenvalue weighted by atomic mass is 10.1. The fourth-order valence-electron chi connectivity index (χ4n) is 3.77. The van der Waals surface area contributed by atoms with E-state index in [2.05, 4.69) is 4.40 Å². The van der Waals surface area contributed by atoms with Crippen LogP contribution in [0.15, 0.2) is 51.8 Å². The number of halogens is 1. The van der Waals surface area contributed by atoms with Crippen LogP contribution in [0.4, 0.5) is 5.69 Å².